The fourth-order valence-corrected chi connectivity index (χ4v) is 4.54. The van der Waals surface area contributed by atoms with Crippen LogP contribution < -0.4 is 5.32 Å². The summed E-state index contributed by atoms with van der Waals surface area (Å²) in [5, 5.41) is 4.68. The number of carbonyl (C=O) groups excluding carboxylic acids is 2. The Labute approximate surface area is 203 Å². The van der Waals surface area contributed by atoms with Gasteiger partial charge >= 0.3 is 0 Å². The van der Waals surface area contributed by atoms with E-state index in [4.69, 9.17) is 34.8 Å². The molecule has 2 amide bonds. The first-order valence-corrected chi connectivity index (χ1v) is 12.1. The normalized spacial score (nSPS) is 12.4. The standard InChI is InChI=1S/C23H27Cl3N2O2S/c1-15(22(30)27-23(2,3)4)28(12-16-6-5-7-18(24)10-16)21(29)14-31-13-17-8-9-19(25)11-20(17)26/h5-11,15H,12-14H2,1-4H3,(H,27,30)/t15-/m1/s1. The number of rotatable bonds is 8. The topological polar surface area (TPSA) is 49.4 Å². The monoisotopic (exact) mass is 500 g/mol. The SMILES string of the molecule is C[C@H](C(=O)NC(C)(C)C)N(Cc1cccc(Cl)c1)C(=O)CSCc1ccc(Cl)cc1Cl. The summed E-state index contributed by atoms with van der Waals surface area (Å²) < 4.78 is 0. The van der Waals surface area contributed by atoms with E-state index in [0.717, 1.165) is 11.1 Å². The maximum absolute atomic E-state index is 13.1. The minimum Gasteiger partial charge on any atom is -0.350 e. The van der Waals surface area contributed by atoms with Crippen LogP contribution in [0.15, 0.2) is 42.5 Å². The van der Waals surface area contributed by atoms with Crippen molar-refractivity contribution in [3.63, 3.8) is 0 Å². The van der Waals surface area contributed by atoms with Crippen LogP contribution in [0.25, 0.3) is 0 Å². The molecule has 31 heavy (non-hydrogen) atoms. The van der Waals surface area contributed by atoms with Gasteiger partial charge in [0, 0.05) is 32.9 Å². The van der Waals surface area contributed by atoms with Gasteiger partial charge in [-0.15, -0.1) is 11.8 Å². The Bertz CT molecular complexity index is 931. The van der Waals surface area contributed by atoms with E-state index < -0.39 is 11.6 Å². The molecule has 0 unspecified atom stereocenters. The number of hydrogen-bond acceptors (Lipinski definition) is 3. The lowest BCUT2D eigenvalue weighted by molar-refractivity contribution is -0.139. The third-order valence-electron chi connectivity index (χ3n) is 4.41. The second-order valence-corrected chi connectivity index (χ2v) is 10.6. The predicted octanol–water partition coefficient (Wildman–Crippen LogP) is 6.21. The first-order valence-electron chi connectivity index (χ1n) is 9.84. The highest BCUT2D eigenvalue weighted by atomic mass is 35.5. The van der Waals surface area contributed by atoms with Crippen molar-refractivity contribution in [3.05, 3.63) is 68.7 Å². The number of nitrogens with zero attached hydrogens (tertiary/aromatic N) is 1. The predicted molar refractivity (Wildman–Crippen MR) is 132 cm³/mol. The summed E-state index contributed by atoms with van der Waals surface area (Å²) in [5.41, 5.74) is 1.38. The molecule has 2 aromatic carbocycles. The number of halogens is 3. The van der Waals surface area contributed by atoms with E-state index in [1.54, 1.807) is 36.1 Å². The van der Waals surface area contributed by atoms with E-state index in [9.17, 15) is 9.59 Å². The van der Waals surface area contributed by atoms with Crippen LogP contribution in [0, 0.1) is 0 Å². The molecule has 1 N–H and O–H groups in total. The van der Waals surface area contributed by atoms with Crippen LogP contribution in [0.5, 0.6) is 0 Å². The van der Waals surface area contributed by atoms with E-state index >= 15 is 0 Å². The van der Waals surface area contributed by atoms with Crippen LogP contribution >= 0.6 is 46.6 Å². The van der Waals surface area contributed by atoms with Gasteiger partial charge in [0.05, 0.1) is 5.75 Å². The Morgan fingerprint density at radius 1 is 1.06 bits per heavy atom. The first kappa shape index (κ1) is 25.9. The minimum absolute atomic E-state index is 0.133. The van der Waals surface area contributed by atoms with E-state index in [2.05, 4.69) is 5.32 Å². The first-order chi connectivity index (χ1) is 14.5. The summed E-state index contributed by atoms with van der Waals surface area (Å²) in [6.45, 7) is 7.76. The molecule has 168 valence electrons. The molecule has 0 saturated carbocycles. The Balaban J connectivity index is 2.11. The largest absolute Gasteiger partial charge is 0.350 e. The van der Waals surface area contributed by atoms with Gasteiger partial charge < -0.3 is 10.2 Å². The van der Waals surface area contributed by atoms with Gasteiger partial charge in [0.1, 0.15) is 6.04 Å². The fourth-order valence-electron chi connectivity index (χ4n) is 2.86. The van der Waals surface area contributed by atoms with Crippen LogP contribution in [-0.4, -0.2) is 34.0 Å². The third kappa shape index (κ3) is 8.57. The second-order valence-electron chi connectivity index (χ2n) is 8.30. The highest BCUT2D eigenvalue weighted by Crippen LogP contribution is 2.25. The smallest absolute Gasteiger partial charge is 0.242 e. The summed E-state index contributed by atoms with van der Waals surface area (Å²) in [6.07, 6.45) is 0. The summed E-state index contributed by atoms with van der Waals surface area (Å²) in [5.74, 6) is 0.447. The molecule has 2 rings (SSSR count). The number of carbonyl (C=O) groups is 2. The van der Waals surface area contributed by atoms with Gasteiger partial charge in [0.2, 0.25) is 11.8 Å². The molecule has 0 aliphatic carbocycles. The minimum atomic E-state index is -0.634. The molecule has 0 radical (unpaired) electrons. The van der Waals surface area contributed by atoms with Crippen LogP contribution in [0.3, 0.4) is 0 Å². The van der Waals surface area contributed by atoms with Gasteiger partial charge in [-0.2, -0.15) is 0 Å². The van der Waals surface area contributed by atoms with Crippen molar-refractivity contribution >= 4 is 58.4 Å². The molecule has 0 aromatic heterocycles. The summed E-state index contributed by atoms with van der Waals surface area (Å²) in [7, 11) is 0. The quantitative estimate of drug-likeness (QED) is 0.468. The Morgan fingerprint density at radius 2 is 1.74 bits per heavy atom. The van der Waals surface area contributed by atoms with E-state index in [-0.39, 0.29) is 17.6 Å². The van der Waals surface area contributed by atoms with Crippen LogP contribution in [0.2, 0.25) is 15.1 Å². The lowest BCUT2D eigenvalue weighted by Gasteiger charge is -2.31. The van der Waals surface area contributed by atoms with Gasteiger partial charge in [0.25, 0.3) is 0 Å². The van der Waals surface area contributed by atoms with Crippen molar-refractivity contribution in [1.29, 1.82) is 0 Å². The average Bonchev–Trinajstić information content (AvgIpc) is 2.66. The molecule has 0 fully saturated rings. The molecule has 0 heterocycles. The Hall–Kier alpha value is -1.40. The van der Waals surface area contributed by atoms with Crippen molar-refractivity contribution in [2.45, 2.75) is 51.6 Å². The maximum atomic E-state index is 13.1. The number of thioether (sulfide) groups is 1. The van der Waals surface area contributed by atoms with Crippen molar-refractivity contribution in [3.8, 4) is 0 Å². The molecule has 8 heteroatoms. The van der Waals surface area contributed by atoms with Gasteiger partial charge in [0.15, 0.2) is 0 Å². The van der Waals surface area contributed by atoms with Crippen LogP contribution in [0.1, 0.15) is 38.8 Å². The highest BCUT2D eigenvalue weighted by molar-refractivity contribution is 7.99. The second kappa shape index (κ2) is 11.5. The number of hydrogen-bond donors (Lipinski definition) is 1. The lowest BCUT2D eigenvalue weighted by atomic mass is 10.1. The summed E-state index contributed by atoms with van der Waals surface area (Å²) in [4.78, 5) is 27.5. The zero-order valence-corrected chi connectivity index (χ0v) is 21.1. The zero-order valence-electron chi connectivity index (χ0n) is 18.0. The van der Waals surface area contributed by atoms with E-state index in [1.165, 1.54) is 11.8 Å². The molecular weight excluding hydrogens is 475 g/mol. The fraction of sp³-hybridized carbons (Fsp3) is 0.391. The molecule has 0 bridgehead atoms. The molecule has 0 spiro atoms. The molecule has 4 nitrogen and oxygen atoms in total. The summed E-state index contributed by atoms with van der Waals surface area (Å²) in [6, 6.07) is 12.0. The van der Waals surface area contributed by atoms with Gasteiger partial charge in [-0.25, -0.2) is 0 Å². The molecule has 0 aliphatic heterocycles. The van der Waals surface area contributed by atoms with Crippen LogP contribution in [-0.2, 0) is 21.9 Å². The van der Waals surface area contributed by atoms with Gasteiger partial charge in [-0.05, 0) is 63.1 Å². The van der Waals surface area contributed by atoms with Gasteiger partial charge in [-0.3, -0.25) is 9.59 Å². The molecule has 0 saturated heterocycles. The van der Waals surface area contributed by atoms with E-state index in [0.29, 0.717) is 27.4 Å². The van der Waals surface area contributed by atoms with Crippen molar-refractivity contribution in [1.82, 2.24) is 10.2 Å². The van der Waals surface area contributed by atoms with Crippen molar-refractivity contribution < 1.29 is 9.59 Å². The molecule has 0 aliphatic rings. The summed E-state index contributed by atoms with van der Waals surface area (Å²) >= 11 is 19.7. The lowest BCUT2D eigenvalue weighted by Crippen LogP contribution is -2.52. The zero-order chi connectivity index (χ0) is 23.2. The number of nitrogens with one attached hydrogen (secondary N) is 1. The Morgan fingerprint density at radius 3 is 2.35 bits per heavy atom. The molecular formula is C23H27Cl3N2O2S. The van der Waals surface area contributed by atoms with Crippen molar-refractivity contribution in [2.75, 3.05) is 5.75 Å². The Kier molecular flexibility index (Phi) is 9.56. The highest BCUT2D eigenvalue weighted by Gasteiger charge is 2.28. The average molecular weight is 502 g/mol. The number of amides is 2. The number of benzene rings is 2. The van der Waals surface area contributed by atoms with Crippen molar-refractivity contribution in [2.24, 2.45) is 0 Å². The van der Waals surface area contributed by atoms with E-state index in [1.807, 2.05) is 39.0 Å². The third-order valence-corrected chi connectivity index (χ3v) is 6.19. The molecule has 1 atom stereocenters. The van der Waals surface area contributed by atoms with Gasteiger partial charge in [-0.1, -0.05) is 53.0 Å². The van der Waals surface area contributed by atoms with Crippen LogP contribution in [0.4, 0.5) is 0 Å². The molecule has 2 aromatic rings. The maximum Gasteiger partial charge on any atom is 0.242 e.